The van der Waals surface area contributed by atoms with Crippen LogP contribution in [0.1, 0.15) is 25.0 Å². The van der Waals surface area contributed by atoms with Crippen molar-refractivity contribution in [3.05, 3.63) is 47.5 Å². The van der Waals surface area contributed by atoms with E-state index in [0.29, 0.717) is 36.1 Å². The number of aryl methyl sites for hydroxylation is 1. The number of rotatable bonds is 4. The third-order valence-electron chi connectivity index (χ3n) is 4.79. The molecule has 0 saturated heterocycles. The summed E-state index contributed by atoms with van der Waals surface area (Å²) in [5.41, 5.74) is 2.06. The minimum absolute atomic E-state index is 0.369. The molecule has 6 heteroatoms. The lowest BCUT2D eigenvalue weighted by Crippen LogP contribution is -2.41. The van der Waals surface area contributed by atoms with Gasteiger partial charge in [-0.3, -0.25) is 9.59 Å². The van der Waals surface area contributed by atoms with E-state index < -0.39 is 11.3 Å². The van der Waals surface area contributed by atoms with Gasteiger partial charge in [-0.1, -0.05) is 12.1 Å². The Bertz CT molecular complexity index is 890. The summed E-state index contributed by atoms with van der Waals surface area (Å²) in [7, 11) is 0. The molecule has 0 radical (unpaired) electrons. The zero-order valence-corrected chi connectivity index (χ0v) is 16.0. The number of carbonyl (C=O) groups is 2. The van der Waals surface area contributed by atoms with Gasteiger partial charge in [-0.2, -0.15) is 0 Å². The second-order valence-electron chi connectivity index (χ2n) is 7.14. The van der Waals surface area contributed by atoms with Gasteiger partial charge < -0.3 is 20.1 Å². The van der Waals surface area contributed by atoms with Crippen LogP contribution < -0.4 is 20.1 Å². The monoisotopic (exact) mass is 368 g/mol. The molecule has 0 unspecified atom stereocenters. The van der Waals surface area contributed by atoms with E-state index in [1.54, 1.807) is 32.0 Å². The van der Waals surface area contributed by atoms with Crippen molar-refractivity contribution in [2.45, 2.75) is 27.7 Å². The molecule has 2 aromatic carbocycles. The number of hydrogen-bond acceptors (Lipinski definition) is 4. The molecule has 0 aromatic heterocycles. The van der Waals surface area contributed by atoms with Crippen LogP contribution in [0.4, 0.5) is 11.4 Å². The van der Waals surface area contributed by atoms with Gasteiger partial charge in [0.2, 0.25) is 11.8 Å². The Morgan fingerprint density at radius 2 is 1.59 bits per heavy atom. The van der Waals surface area contributed by atoms with Gasteiger partial charge in [0.25, 0.3) is 0 Å². The molecular formula is C21H24N2O4. The van der Waals surface area contributed by atoms with Crippen molar-refractivity contribution in [2.75, 3.05) is 23.8 Å². The molecule has 1 heterocycles. The predicted molar refractivity (Wildman–Crippen MR) is 104 cm³/mol. The fourth-order valence-corrected chi connectivity index (χ4v) is 2.68. The number of nitrogens with one attached hydrogen (secondary N) is 2. The van der Waals surface area contributed by atoms with E-state index in [0.717, 1.165) is 11.1 Å². The van der Waals surface area contributed by atoms with Gasteiger partial charge in [-0.05, 0) is 57.0 Å². The number of benzene rings is 2. The Morgan fingerprint density at radius 1 is 0.926 bits per heavy atom. The number of carbonyl (C=O) groups excluding carboxylic acids is 2. The van der Waals surface area contributed by atoms with Crippen LogP contribution in [0.2, 0.25) is 0 Å². The Balaban J connectivity index is 1.72. The predicted octanol–water partition coefficient (Wildman–Crippen LogP) is 3.68. The van der Waals surface area contributed by atoms with Crippen molar-refractivity contribution < 1.29 is 19.1 Å². The summed E-state index contributed by atoms with van der Waals surface area (Å²) < 4.78 is 11.0. The highest BCUT2D eigenvalue weighted by molar-refractivity contribution is 6.14. The van der Waals surface area contributed by atoms with Gasteiger partial charge in [0.15, 0.2) is 11.5 Å². The molecule has 0 aliphatic carbocycles. The van der Waals surface area contributed by atoms with Gasteiger partial charge in [-0.15, -0.1) is 0 Å². The first-order valence-electron chi connectivity index (χ1n) is 8.88. The number of hydrogen-bond donors (Lipinski definition) is 2. The molecule has 2 N–H and O–H groups in total. The maximum Gasteiger partial charge on any atom is 0.239 e. The highest BCUT2D eigenvalue weighted by atomic mass is 16.6. The van der Waals surface area contributed by atoms with Crippen LogP contribution in [0.15, 0.2) is 36.4 Å². The molecule has 2 amide bonds. The smallest absolute Gasteiger partial charge is 0.239 e. The lowest BCUT2D eigenvalue weighted by Gasteiger charge is -2.24. The van der Waals surface area contributed by atoms with Gasteiger partial charge in [0.05, 0.1) is 0 Å². The van der Waals surface area contributed by atoms with Gasteiger partial charge in [0.1, 0.15) is 18.6 Å². The summed E-state index contributed by atoms with van der Waals surface area (Å²) in [5, 5.41) is 5.65. The summed E-state index contributed by atoms with van der Waals surface area (Å²) in [6.07, 6.45) is 0. The second kappa shape index (κ2) is 7.31. The first kappa shape index (κ1) is 18.8. The molecule has 0 bridgehead atoms. The average Bonchev–Trinajstić information content (AvgIpc) is 2.65. The van der Waals surface area contributed by atoms with Crippen LogP contribution in [0.25, 0.3) is 0 Å². The van der Waals surface area contributed by atoms with Crippen molar-refractivity contribution in [1.29, 1.82) is 0 Å². The molecule has 142 valence electrons. The highest BCUT2D eigenvalue weighted by Gasteiger charge is 2.36. The molecule has 27 heavy (non-hydrogen) atoms. The first-order valence-corrected chi connectivity index (χ1v) is 8.88. The fraction of sp³-hybridized carbons (Fsp3) is 0.333. The van der Waals surface area contributed by atoms with E-state index in [1.165, 1.54) is 0 Å². The standard InChI is InChI=1S/C21H24N2O4/c1-13-6-5-7-16(14(13)2)23-20(25)21(3,4)19(24)22-15-8-9-17-18(12-15)27-11-10-26-17/h5-9,12H,10-11H2,1-4H3,(H,22,24)(H,23,25). The van der Waals surface area contributed by atoms with E-state index in [9.17, 15) is 9.59 Å². The van der Waals surface area contributed by atoms with Crippen LogP contribution in [-0.4, -0.2) is 25.0 Å². The van der Waals surface area contributed by atoms with Crippen molar-refractivity contribution in [3.63, 3.8) is 0 Å². The molecule has 3 rings (SSSR count). The van der Waals surface area contributed by atoms with E-state index in [1.807, 2.05) is 32.0 Å². The molecule has 0 spiro atoms. The number of fused-ring (bicyclic) bond motifs is 1. The first-order chi connectivity index (χ1) is 12.8. The molecule has 0 saturated carbocycles. The second-order valence-corrected chi connectivity index (χ2v) is 7.14. The van der Waals surface area contributed by atoms with Gasteiger partial charge in [-0.25, -0.2) is 0 Å². The highest BCUT2D eigenvalue weighted by Crippen LogP contribution is 2.33. The van der Waals surface area contributed by atoms with E-state index in [-0.39, 0.29) is 5.91 Å². The van der Waals surface area contributed by atoms with Crippen LogP contribution >= 0.6 is 0 Å². The van der Waals surface area contributed by atoms with Crippen molar-refractivity contribution in [3.8, 4) is 11.5 Å². The molecular weight excluding hydrogens is 344 g/mol. The van der Waals surface area contributed by atoms with Gasteiger partial charge >= 0.3 is 0 Å². The lowest BCUT2D eigenvalue weighted by atomic mass is 9.90. The minimum Gasteiger partial charge on any atom is -0.486 e. The summed E-state index contributed by atoms with van der Waals surface area (Å²) in [6.45, 7) is 8.08. The zero-order chi connectivity index (χ0) is 19.6. The van der Waals surface area contributed by atoms with E-state index >= 15 is 0 Å². The molecule has 0 atom stereocenters. The van der Waals surface area contributed by atoms with Crippen molar-refractivity contribution in [2.24, 2.45) is 5.41 Å². The fourth-order valence-electron chi connectivity index (χ4n) is 2.68. The molecule has 0 fully saturated rings. The summed E-state index contributed by atoms with van der Waals surface area (Å²) in [4.78, 5) is 25.5. The number of ether oxygens (including phenoxy) is 2. The minimum atomic E-state index is -1.26. The third-order valence-corrected chi connectivity index (χ3v) is 4.79. The SMILES string of the molecule is Cc1cccc(NC(=O)C(C)(C)C(=O)Nc2ccc3c(c2)OCCO3)c1C. The summed E-state index contributed by atoms with van der Waals surface area (Å²) >= 11 is 0. The van der Waals surface area contributed by atoms with Crippen molar-refractivity contribution >= 4 is 23.2 Å². The summed E-state index contributed by atoms with van der Waals surface area (Å²) in [5.74, 6) is 0.455. The average molecular weight is 368 g/mol. The van der Waals surface area contributed by atoms with E-state index in [2.05, 4.69) is 10.6 Å². The molecule has 2 aromatic rings. The molecule has 1 aliphatic rings. The Morgan fingerprint density at radius 3 is 2.33 bits per heavy atom. The summed E-state index contributed by atoms with van der Waals surface area (Å²) in [6, 6.07) is 10.8. The van der Waals surface area contributed by atoms with Gasteiger partial charge in [0, 0.05) is 17.4 Å². The Kier molecular flexibility index (Phi) is 5.08. The third kappa shape index (κ3) is 3.89. The topological polar surface area (TPSA) is 76.7 Å². The Labute approximate surface area is 158 Å². The number of amides is 2. The van der Waals surface area contributed by atoms with Crippen LogP contribution in [0, 0.1) is 19.3 Å². The normalized spacial score (nSPS) is 13.0. The maximum absolute atomic E-state index is 12.7. The maximum atomic E-state index is 12.7. The van der Waals surface area contributed by atoms with Crippen LogP contribution in [0.3, 0.4) is 0 Å². The number of anilines is 2. The lowest BCUT2D eigenvalue weighted by molar-refractivity contribution is -0.135. The van der Waals surface area contributed by atoms with E-state index in [4.69, 9.17) is 9.47 Å². The van der Waals surface area contributed by atoms with Crippen LogP contribution in [0.5, 0.6) is 11.5 Å². The quantitative estimate of drug-likeness (QED) is 0.807. The largest absolute Gasteiger partial charge is 0.486 e. The molecule has 6 nitrogen and oxygen atoms in total. The Hall–Kier alpha value is -3.02. The molecule has 1 aliphatic heterocycles. The van der Waals surface area contributed by atoms with Crippen LogP contribution in [-0.2, 0) is 9.59 Å². The zero-order valence-electron chi connectivity index (χ0n) is 16.0. The van der Waals surface area contributed by atoms with Crippen molar-refractivity contribution in [1.82, 2.24) is 0 Å².